The van der Waals surface area contributed by atoms with Gasteiger partial charge in [-0.05, 0) is 52.7 Å². The zero-order chi connectivity index (χ0) is 15.7. The number of aryl methyl sites for hydroxylation is 1. The van der Waals surface area contributed by atoms with E-state index >= 15 is 0 Å². The lowest BCUT2D eigenvalue weighted by atomic mass is 10.2. The Hall–Kier alpha value is -1.66. The molecule has 0 aliphatic rings. The summed E-state index contributed by atoms with van der Waals surface area (Å²) in [7, 11) is 0. The molecular formula is C16H14BrFN2OS. The Morgan fingerprint density at radius 1 is 1.36 bits per heavy atom. The van der Waals surface area contributed by atoms with Crippen LogP contribution in [0.15, 0.2) is 40.2 Å². The number of fused-ring (bicyclic) bond motifs is 1. The SMILES string of the molecule is CCn1c(C(=O)NCc2cccc(F)c2)cc2sc(Br)cc21. The standard InChI is InChI=1S/C16H14BrFN2OS/c1-2-20-12-8-15(17)22-14(12)7-13(20)16(21)19-9-10-4-3-5-11(18)6-10/h3-8H,2,9H2,1H3,(H,19,21). The van der Waals surface area contributed by atoms with Crippen LogP contribution in [0.25, 0.3) is 10.2 Å². The monoisotopic (exact) mass is 380 g/mol. The smallest absolute Gasteiger partial charge is 0.268 e. The van der Waals surface area contributed by atoms with E-state index in [0.717, 1.165) is 26.1 Å². The number of hydrogen-bond acceptors (Lipinski definition) is 2. The molecule has 0 bridgehead atoms. The second-order valence-corrected chi connectivity index (χ2v) is 7.35. The molecule has 6 heteroatoms. The molecule has 3 aromatic rings. The number of benzene rings is 1. The number of nitrogens with zero attached hydrogens (tertiary/aromatic N) is 1. The van der Waals surface area contributed by atoms with Gasteiger partial charge in [0.2, 0.25) is 0 Å². The van der Waals surface area contributed by atoms with Gasteiger partial charge in [0, 0.05) is 13.1 Å². The van der Waals surface area contributed by atoms with Gasteiger partial charge >= 0.3 is 0 Å². The van der Waals surface area contributed by atoms with Gasteiger partial charge in [-0.2, -0.15) is 0 Å². The summed E-state index contributed by atoms with van der Waals surface area (Å²) in [5, 5.41) is 2.85. The largest absolute Gasteiger partial charge is 0.347 e. The van der Waals surface area contributed by atoms with Crippen molar-refractivity contribution < 1.29 is 9.18 Å². The molecule has 0 unspecified atom stereocenters. The number of carbonyl (C=O) groups is 1. The highest BCUT2D eigenvalue weighted by molar-refractivity contribution is 9.11. The van der Waals surface area contributed by atoms with Crippen LogP contribution in [0.2, 0.25) is 0 Å². The van der Waals surface area contributed by atoms with E-state index in [9.17, 15) is 9.18 Å². The Morgan fingerprint density at radius 3 is 2.91 bits per heavy atom. The topological polar surface area (TPSA) is 34.0 Å². The molecule has 0 saturated heterocycles. The van der Waals surface area contributed by atoms with Crippen molar-refractivity contribution in [1.82, 2.24) is 9.88 Å². The average Bonchev–Trinajstić information content (AvgIpc) is 3.00. The summed E-state index contributed by atoms with van der Waals surface area (Å²) in [5.41, 5.74) is 2.43. The quantitative estimate of drug-likeness (QED) is 0.707. The maximum Gasteiger partial charge on any atom is 0.268 e. The van der Waals surface area contributed by atoms with Crippen LogP contribution in [0.3, 0.4) is 0 Å². The van der Waals surface area contributed by atoms with Gasteiger partial charge in [0.25, 0.3) is 5.91 Å². The first-order valence-electron chi connectivity index (χ1n) is 6.89. The van der Waals surface area contributed by atoms with Crippen LogP contribution in [0, 0.1) is 5.82 Å². The zero-order valence-corrected chi connectivity index (χ0v) is 14.3. The van der Waals surface area contributed by atoms with E-state index in [0.29, 0.717) is 12.2 Å². The van der Waals surface area contributed by atoms with E-state index < -0.39 is 0 Å². The molecule has 0 atom stereocenters. The predicted molar refractivity (Wildman–Crippen MR) is 90.8 cm³/mol. The summed E-state index contributed by atoms with van der Waals surface area (Å²) >= 11 is 5.07. The molecule has 1 N–H and O–H groups in total. The van der Waals surface area contributed by atoms with Crippen LogP contribution >= 0.6 is 27.3 Å². The number of thiophene rings is 1. The van der Waals surface area contributed by atoms with E-state index in [1.165, 1.54) is 12.1 Å². The Labute approximate surface area is 139 Å². The van der Waals surface area contributed by atoms with Crippen LogP contribution < -0.4 is 5.32 Å². The van der Waals surface area contributed by atoms with Crippen LogP contribution in [0.5, 0.6) is 0 Å². The van der Waals surface area contributed by atoms with E-state index in [1.54, 1.807) is 23.5 Å². The number of amides is 1. The number of carbonyl (C=O) groups excluding carboxylic acids is 1. The van der Waals surface area contributed by atoms with E-state index in [4.69, 9.17) is 0 Å². The van der Waals surface area contributed by atoms with Gasteiger partial charge in [-0.25, -0.2) is 4.39 Å². The van der Waals surface area contributed by atoms with Crippen molar-refractivity contribution in [3.05, 3.63) is 57.3 Å². The Morgan fingerprint density at radius 2 is 2.18 bits per heavy atom. The molecule has 1 amide bonds. The highest BCUT2D eigenvalue weighted by Crippen LogP contribution is 2.32. The molecule has 114 valence electrons. The van der Waals surface area contributed by atoms with E-state index in [1.807, 2.05) is 23.6 Å². The third kappa shape index (κ3) is 2.94. The first-order chi connectivity index (χ1) is 10.6. The number of nitrogens with one attached hydrogen (secondary N) is 1. The molecule has 2 aromatic heterocycles. The molecule has 0 aliphatic heterocycles. The number of hydrogen-bond donors (Lipinski definition) is 1. The first kappa shape index (κ1) is 15.2. The summed E-state index contributed by atoms with van der Waals surface area (Å²) in [6, 6.07) is 10.2. The number of rotatable bonds is 4. The molecule has 0 saturated carbocycles. The minimum absolute atomic E-state index is 0.148. The van der Waals surface area contributed by atoms with Crippen LogP contribution in [0.4, 0.5) is 4.39 Å². The van der Waals surface area contributed by atoms with Crippen LogP contribution in [0.1, 0.15) is 23.0 Å². The van der Waals surface area contributed by atoms with Crippen LogP contribution in [-0.2, 0) is 13.1 Å². The van der Waals surface area contributed by atoms with Crippen molar-refractivity contribution in [2.24, 2.45) is 0 Å². The van der Waals surface area contributed by atoms with Gasteiger partial charge in [0.15, 0.2) is 0 Å². The minimum Gasteiger partial charge on any atom is -0.347 e. The fraction of sp³-hybridized carbons (Fsp3) is 0.188. The summed E-state index contributed by atoms with van der Waals surface area (Å²) in [4.78, 5) is 12.4. The third-order valence-corrected chi connectivity index (χ3v) is 5.02. The molecule has 0 spiro atoms. The lowest BCUT2D eigenvalue weighted by Gasteiger charge is -2.08. The molecule has 1 aromatic carbocycles. The molecule has 22 heavy (non-hydrogen) atoms. The minimum atomic E-state index is -0.297. The van der Waals surface area contributed by atoms with Crippen molar-refractivity contribution in [2.75, 3.05) is 0 Å². The van der Waals surface area contributed by atoms with Crippen molar-refractivity contribution >= 4 is 43.4 Å². The van der Waals surface area contributed by atoms with E-state index in [-0.39, 0.29) is 11.7 Å². The Balaban J connectivity index is 1.81. The van der Waals surface area contributed by atoms with Crippen molar-refractivity contribution in [3.8, 4) is 0 Å². The Bertz CT molecular complexity index is 840. The summed E-state index contributed by atoms with van der Waals surface area (Å²) < 4.78 is 17.3. The van der Waals surface area contributed by atoms with Gasteiger partial charge in [-0.3, -0.25) is 4.79 Å². The van der Waals surface area contributed by atoms with Gasteiger partial charge < -0.3 is 9.88 Å². The highest BCUT2D eigenvalue weighted by atomic mass is 79.9. The molecular weight excluding hydrogens is 367 g/mol. The maximum absolute atomic E-state index is 13.1. The molecule has 3 rings (SSSR count). The molecule has 0 fully saturated rings. The van der Waals surface area contributed by atoms with Gasteiger partial charge in [-0.1, -0.05) is 12.1 Å². The van der Waals surface area contributed by atoms with Gasteiger partial charge in [0.05, 0.1) is 14.0 Å². The summed E-state index contributed by atoms with van der Waals surface area (Å²) in [5.74, 6) is -0.445. The number of halogens is 2. The zero-order valence-electron chi connectivity index (χ0n) is 11.9. The van der Waals surface area contributed by atoms with Crippen LogP contribution in [-0.4, -0.2) is 10.5 Å². The third-order valence-electron chi connectivity index (χ3n) is 3.45. The second kappa shape index (κ2) is 6.22. The normalized spacial score (nSPS) is 11.0. The summed E-state index contributed by atoms with van der Waals surface area (Å²) in [6.45, 7) is 3.03. The van der Waals surface area contributed by atoms with E-state index in [2.05, 4.69) is 21.2 Å². The van der Waals surface area contributed by atoms with Gasteiger partial charge in [0.1, 0.15) is 11.5 Å². The second-order valence-electron chi connectivity index (χ2n) is 4.89. The molecule has 0 radical (unpaired) electrons. The maximum atomic E-state index is 13.1. The van der Waals surface area contributed by atoms with Crippen molar-refractivity contribution in [2.45, 2.75) is 20.0 Å². The highest BCUT2D eigenvalue weighted by Gasteiger charge is 2.16. The lowest BCUT2D eigenvalue weighted by Crippen LogP contribution is -2.25. The Kier molecular flexibility index (Phi) is 4.31. The van der Waals surface area contributed by atoms with Crippen molar-refractivity contribution in [3.63, 3.8) is 0 Å². The first-order valence-corrected chi connectivity index (χ1v) is 8.50. The number of aromatic nitrogens is 1. The molecule has 2 heterocycles. The fourth-order valence-electron chi connectivity index (χ4n) is 2.46. The molecule has 0 aliphatic carbocycles. The fourth-order valence-corrected chi connectivity index (χ4v) is 4.03. The van der Waals surface area contributed by atoms with Gasteiger partial charge in [-0.15, -0.1) is 11.3 Å². The lowest BCUT2D eigenvalue weighted by molar-refractivity contribution is 0.0942. The summed E-state index contributed by atoms with van der Waals surface area (Å²) in [6.07, 6.45) is 0. The molecule has 3 nitrogen and oxygen atoms in total. The predicted octanol–water partition coefficient (Wildman–Crippen LogP) is 4.55. The average molecular weight is 381 g/mol. The van der Waals surface area contributed by atoms with Crippen molar-refractivity contribution in [1.29, 1.82) is 0 Å².